The number of rotatable bonds is 2. The molecule has 1 aromatic heterocycles. The Labute approximate surface area is 71.0 Å². The van der Waals surface area contributed by atoms with Gasteiger partial charge in [-0.3, -0.25) is 4.79 Å². The Kier molecular flexibility index (Phi) is 2.47. The Morgan fingerprint density at radius 3 is 2.92 bits per heavy atom. The maximum absolute atomic E-state index is 11.3. The number of aryl methyl sites for hydroxylation is 2. The standard InChI is InChI=1S/C8H13N3O/c1-3-4-11-8(12)7(9)5-6(2)10-11/h5H,3-4,9H2,1-2H3. The molecule has 0 bridgehead atoms. The van der Waals surface area contributed by atoms with Crippen LogP contribution in [-0.2, 0) is 6.54 Å². The highest BCUT2D eigenvalue weighted by molar-refractivity contribution is 5.34. The van der Waals surface area contributed by atoms with Crippen LogP contribution in [0.15, 0.2) is 10.9 Å². The summed E-state index contributed by atoms with van der Waals surface area (Å²) >= 11 is 0. The van der Waals surface area contributed by atoms with Gasteiger partial charge < -0.3 is 5.73 Å². The third kappa shape index (κ3) is 1.64. The van der Waals surface area contributed by atoms with Crippen molar-refractivity contribution in [2.75, 3.05) is 5.73 Å². The van der Waals surface area contributed by atoms with Crippen molar-refractivity contribution in [3.05, 3.63) is 22.1 Å². The molecule has 0 spiro atoms. The van der Waals surface area contributed by atoms with Gasteiger partial charge in [0.1, 0.15) is 5.69 Å². The minimum Gasteiger partial charge on any atom is -0.394 e. The Morgan fingerprint density at radius 2 is 2.33 bits per heavy atom. The van der Waals surface area contributed by atoms with Crippen molar-refractivity contribution in [1.29, 1.82) is 0 Å². The van der Waals surface area contributed by atoms with Crippen LogP contribution in [0, 0.1) is 6.92 Å². The number of nitrogen functional groups attached to an aromatic ring is 1. The second-order valence-corrected chi connectivity index (χ2v) is 2.77. The number of hydrogen-bond donors (Lipinski definition) is 1. The molecule has 4 heteroatoms. The zero-order valence-corrected chi connectivity index (χ0v) is 7.37. The first-order valence-corrected chi connectivity index (χ1v) is 3.99. The van der Waals surface area contributed by atoms with Crippen LogP contribution in [0.25, 0.3) is 0 Å². The van der Waals surface area contributed by atoms with Gasteiger partial charge in [-0.1, -0.05) is 6.92 Å². The minimum absolute atomic E-state index is 0.192. The molecular weight excluding hydrogens is 154 g/mol. The topological polar surface area (TPSA) is 60.9 Å². The normalized spacial score (nSPS) is 10.2. The lowest BCUT2D eigenvalue weighted by atomic mass is 10.4. The second kappa shape index (κ2) is 3.38. The summed E-state index contributed by atoms with van der Waals surface area (Å²) in [6.07, 6.45) is 0.885. The van der Waals surface area contributed by atoms with Crippen molar-refractivity contribution >= 4 is 5.69 Å². The smallest absolute Gasteiger partial charge is 0.289 e. The van der Waals surface area contributed by atoms with Gasteiger partial charge in [0.25, 0.3) is 5.56 Å². The summed E-state index contributed by atoms with van der Waals surface area (Å²) in [4.78, 5) is 11.3. The molecule has 1 aromatic rings. The highest BCUT2D eigenvalue weighted by Gasteiger charge is 2.00. The summed E-state index contributed by atoms with van der Waals surface area (Å²) in [6, 6.07) is 1.59. The fourth-order valence-corrected chi connectivity index (χ4v) is 1.06. The van der Waals surface area contributed by atoms with Crippen LogP contribution in [0.4, 0.5) is 5.69 Å². The van der Waals surface area contributed by atoms with Crippen molar-refractivity contribution in [2.45, 2.75) is 26.8 Å². The molecule has 0 atom stereocenters. The number of nitrogens with two attached hydrogens (primary N) is 1. The maximum Gasteiger partial charge on any atom is 0.289 e. The molecule has 2 N–H and O–H groups in total. The first-order valence-electron chi connectivity index (χ1n) is 3.99. The van der Waals surface area contributed by atoms with E-state index in [4.69, 9.17) is 5.73 Å². The second-order valence-electron chi connectivity index (χ2n) is 2.77. The summed E-state index contributed by atoms with van der Waals surface area (Å²) in [7, 11) is 0. The van der Waals surface area contributed by atoms with Gasteiger partial charge in [-0.25, -0.2) is 4.68 Å². The van der Waals surface area contributed by atoms with Crippen LogP contribution >= 0.6 is 0 Å². The molecule has 1 heterocycles. The molecule has 0 unspecified atom stereocenters. The van der Waals surface area contributed by atoms with Gasteiger partial charge in [0, 0.05) is 6.54 Å². The van der Waals surface area contributed by atoms with E-state index in [2.05, 4.69) is 5.10 Å². The fraction of sp³-hybridized carbons (Fsp3) is 0.500. The maximum atomic E-state index is 11.3. The SMILES string of the molecule is CCCn1nc(C)cc(N)c1=O. The fourth-order valence-electron chi connectivity index (χ4n) is 1.06. The van der Waals surface area contributed by atoms with Gasteiger partial charge >= 0.3 is 0 Å². The highest BCUT2D eigenvalue weighted by atomic mass is 16.1. The molecule has 0 fully saturated rings. The van der Waals surface area contributed by atoms with Crippen LogP contribution < -0.4 is 11.3 Å². The molecule has 0 aliphatic rings. The molecule has 0 aromatic carbocycles. The number of nitrogens with zero attached hydrogens (tertiary/aromatic N) is 2. The largest absolute Gasteiger partial charge is 0.394 e. The quantitative estimate of drug-likeness (QED) is 0.699. The van der Waals surface area contributed by atoms with Crippen LogP contribution in [0.2, 0.25) is 0 Å². The van der Waals surface area contributed by atoms with Gasteiger partial charge in [-0.15, -0.1) is 0 Å². The van der Waals surface area contributed by atoms with Crippen LogP contribution in [0.1, 0.15) is 19.0 Å². The zero-order chi connectivity index (χ0) is 9.14. The minimum atomic E-state index is -0.192. The molecule has 0 aliphatic heterocycles. The van der Waals surface area contributed by atoms with Crippen LogP contribution in [0.5, 0.6) is 0 Å². The van der Waals surface area contributed by atoms with E-state index in [1.54, 1.807) is 6.07 Å². The van der Waals surface area contributed by atoms with Gasteiger partial charge in [-0.05, 0) is 19.4 Å². The molecule has 1 rings (SSSR count). The average molecular weight is 167 g/mol. The molecule has 0 aliphatic carbocycles. The molecule has 12 heavy (non-hydrogen) atoms. The molecule has 4 nitrogen and oxygen atoms in total. The van der Waals surface area contributed by atoms with E-state index in [9.17, 15) is 4.79 Å². The number of aromatic nitrogens is 2. The van der Waals surface area contributed by atoms with Crippen LogP contribution in [-0.4, -0.2) is 9.78 Å². The molecule has 66 valence electrons. The molecule has 0 amide bonds. The Morgan fingerprint density at radius 1 is 1.67 bits per heavy atom. The van der Waals surface area contributed by atoms with Gasteiger partial charge in [-0.2, -0.15) is 5.10 Å². The van der Waals surface area contributed by atoms with E-state index in [0.29, 0.717) is 6.54 Å². The molecule has 0 radical (unpaired) electrons. The lowest BCUT2D eigenvalue weighted by molar-refractivity contribution is 0.563. The summed E-state index contributed by atoms with van der Waals surface area (Å²) in [5.74, 6) is 0. The first-order chi connectivity index (χ1) is 5.65. The third-order valence-electron chi connectivity index (χ3n) is 1.56. The third-order valence-corrected chi connectivity index (χ3v) is 1.56. The van der Waals surface area contributed by atoms with E-state index in [1.165, 1.54) is 4.68 Å². The lowest BCUT2D eigenvalue weighted by Gasteiger charge is -2.03. The first kappa shape index (κ1) is 8.77. The summed E-state index contributed by atoms with van der Waals surface area (Å²) in [5.41, 5.74) is 6.34. The summed E-state index contributed by atoms with van der Waals surface area (Å²) in [5, 5.41) is 4.05. The van der Waals surface area contributed by atoms with E-state index >= 15 is 0 Å². The Hall–Kier alpha value is -1.32. The van der Waals surface area contributed by atoms with E-state index in [0.717, 1.165) is 12.1 Å². The summed E-state index contributed by atoms with van der Waals surface area (Å²) in [6.45, 7) is 4.44. The molecule has 0 saturated heterocycles. The number of anilines is 1. The molecule has 0 saturated carbocycles. The van der Waals surface area contributed by atoms with Gasteiger partial charge in [0.2, 0.25) is 0 Å². The van der Waals surface area contributed by atoms with Crippen molar-refractivity contribution in [2.24, 2.45) is 0 Å². The Balaban J connectivity index is 3.19. The zero-order valence-electron chi connectivity index (χ0n) is 7.37. The van der Waals surface area contributed by atoms with E-state index in [-0.39, 0.29) is 11.2 Å². The number of hydrogen-bond acceptors (Lipinski definition) is 3. The van der Waals surface area contributed by atoms with E-state index < -0.39 is 0 Å². The lowest BCUT2D eigenvalue weighted by Crippen LogP contribution is -2.25. The van der Waals surface area contributed by atoms with Crippen molar-refractivity contribution in [3.63, 3.8) is 0 Å². The monoisotopic (exact) mass is 167 g/mol. The van der Waals surface area contributed by atoms with E-state index in [1.807, 2.05) is 13.8 Å². The predicted octanol–water partition coefficient (Wildman–Crippen LogP) is 0.544. The van der Waals surface area contributed by atoms with Crippen LogP contribution in [0.3, 0.4) is 0 Å². The van der Waals surface area contributed by atoms with Crippen molar-refractivity contribution < 1.29 is 0 Å². The molecular formula is C8H13N3O. The average Bonchev–Trinajstić information content (AvgIpc) is 2.00. The van der Waals surface area contributed by atoms with Crippen molar-refractivity contribution in [1.82, 2.24) is 9.78 Å². The summed E-state index contributed by atoms with van der Waals surface area (Å²) < 4.78 is 1.41. The Bertz CT molecular complexity index is 330. The van der Waals surface area contributed by atoms with Gasteiger partial charge in [0.05, 0.1) is 5.69 Å². The van der Waals surface area contributed by atoms with Crippen molar-refractivity contribution in [3.8, 4) is 0 Å². The van der Waals surface area contributed by atoms with Gasteiger partial charge in [0.15, 0.2) is 0 Å². The predicted molar refractivity (Wildman–Crippen MR) is 47.9 cm³/mol. The highest BCUT2D eigenvalue weighted by Crippen LogP contribution is 1.95.